The van der Waals surface area contributed by atoms with Crippen molar-refractivity contribution in [3.8, 4) is 22.6 Å². The Hall–Kier alpha value is -2.44. The second-order valence-corrected chi connectivity index (χ2v) is 4.72. The minimum Gasteiger partial charge on any atom is -0.464 e. The van der Waals surface area contributed by atoms with E-state index in [2.05, 4.69) is 10.3 Å². The first-order valence-corrected chi connectivity index (χ1v) is 6.59. The molecule has 2 N–H and O–H groups in total. The second kappa shape index (κ2) is 5.90. The summed E-state index contributed by atoms with van der Waals surface area (Å²) in [6, 6.07) is 11.5. The van der Waals surface area contributed by atoms with Gasteiger partial charge in [-0.1, -0.05) is 23.4 Å². The molecule has 0 saturated heterocycles. The van der Waals surface area contributed by atoms with Gasteiger partial charge in [0.2, 0.25) is 0 Å². The Morgan fingerprint density at radius 2 is 2.05 bits per heavy atom. The average Bonchev–Trinajstić information content (AvgIpc) is 3.19. The zero-order chi connectivity index (χ0) is 14.7. The monoisotopic (exact) mass is 285 g/mol. The molecule has 1 unspecified atom stereocenters. The second-order valence-electron chi connectivity index (χ2n) is 4.72. The van der Waals surface area contributed by atoms with Gasteiger partial charge in [-0.3, -0.25) is 0 Å². The van der Waals surface area contributed by atoms with Gasteiger partial charge >= 0.3 is 0 Å². The van der Waals surface area contributed by atoms with Gasteiger partial charge in [0.25, 0.3) is 0 Å². The molecule has 3 rings (SSSR count). The van der Waals surface area contributed by atoms with Crippen LogP contribution in [0.5, 0.6) is 0 Å². The first-order valence-electron chi connectivity index (χ1n) is 6.59. The lowest BCUT2D eigenvalue weighted by Crippen LogP contribution is -2.20. The Balaban J connectivity index is 1.86. The molecule has 3 aromatic rings. The fourth-order valence-electron chi connectivity index (χ4n) is 2.07. The summed E-state index contributed by atoms with van der Waals surface area (Å²) >= 11 is 0. The van der Waals surface area contributed by atoms with Crippen LogP contribution in [0.15, 0.2) is 53.3 Å². The van der Waals surface area contributed by atoms with Gasteiger partial charge in [0.1, 0.15) is 11.5 Å². The summed E-state index contributed by atoms with van der Waals surface area (Å²) in [4.78, 5) is 0. The first-order chi connectivity index (χ1) is 10.3. The molecular weight excluding hydrogens is 270 g/mol. The van der Waals surface area contributed by atoms with Gasteiger partial charge < -0.3 is 14.6 Å². The molecule has 2 heterocycles. The topological polar surface area (TPSA) is 84.3 Å². The number of aromatic nitrogens is 3. The van der Waals surface area contributed by atoms with Gasteiger partial charge in [-0.15, -0.1) is 5.10 Å². The molecule has 108 valence electrons. The number of hydrogen-bond acceptors (Lipinski definition) is 5. The number of furan rings is 1. The Kier molecular flexibility index (Phi) is 3.81. The summed E-state index contributed by atoms with van der Waals surface area (Å²) in [5.41, 5.74) is 2.57. The van der Waals surface area contributed by atoms with Gasteiger partial charge in [0, 0.05) is 11.1 Å². The fraction of sp³-hybridized carbons (Fsp3) is 0.200. The molecule has 1 aromatic carbocycles. The molecule has 0 saturated carbocycles. The minimum absolute atomic E-state index is 0.210. The highest BCUT2D eigenvalue weighted by molar-refractivity contribution is 5.68. The van der Waals surface area contributed by atoms with E-state index in [0.29, 0.717) is 5.69 Å². The van der Waals surface area contributed by atoms with Crippen molar-refractivity contribution in [2.45, 2.75) is 12.6 Å². The van der Waals surface area contributed by atoms with Crippen LogP contribution >= 0.6 is 0 Å². The molecule has 0 aliphatic carbocycles. The third-order valence-corrected chi connectivity index (χ3v) is 3.11. The Morgan fingerprint density at radius 3 is 2.81 bits per heavy atom. The zero-order valence-corrected chi connectivity index (χ0v) is 11.3. The molecule has 0 radical (unpaired) electrons. The van der Waals surface area contributed by atoms with Gasteiger partial charge in [0.05, 0.1) is 31.7 Å². The summed E-state index contributed by atoms with van der Waals surface area (Å²) in [5.74, 6) is 0.792. The van der Waals surface area contributed by atoms with Gasteiger partial charge in [0.15, 0.2) is 0 Å². The van der Waals surface area contributed by atoms with E-state index < -0.39 is 6.10 Å². The van der Waals surface area contributed by atoms with Crippen LogP contribution in [0.4, 0.5) is 0 Å². The highest BCUT2D eigenvalue weighted by Gasteiger charge is 2.09. The van der Waals surface area contributed by atoms with Gasteiger partial charge in [-0.2, -0.15) is 0 Å². The normalized spacial score (nSPS) is 12.5. The Bertz CT molecular complexity index is 707. The molecule has 0 fully saturated rings. The van der Waals surface area contributed by atoms with Crippen molar-refractivity contribution in [1.29, 1.82) is 0 Å². The van der Waals surface area contributed by atoms with Crippen molar-refractivity contribution in [2.24, 2.45) is 0 Å². The summed E-state index contributed by atoms with van der Waals surface area (Å²) < 4.78 is 6.89. The zero-order valence-electron chi connectivity index (χ0n) is 11.3. The lowest BCUT2D eigenvalue weighted by molar-refractivity contribution is 0.0778. The molecule has 0 spiro atoms. The number of benzene rings is 1. The van der Waals surface area contributed by atoms with E-state index in [4.69, 9.17) is 9.52 Å². The molecule has 21 heavy (non-hydrogen) atoms. The molecule has 2 aromatic heterocycles. The van der Waals surface area contributed by atoms with Crippen molar-refractivity contribution >= 4 is 0 Å². The number of nitrogens with zero attached hydrogens (tertiary/aromatic N) is 3. The van der Waals surface area contributed by atoms with E-state index in [0.717, 1.165) is 16.9 Å². The molecule has 0 aliphatic rings. The quantitative estimate of drug-likeness (QED) is 0.743. The SMILES string of the molecule is OCC(O)Cn1cc(-c2cccc(-c3ccco3)c2)nn1. The first kappa shape index (κ1) is 13.5. The highest BCUT2D eigenvalue weighted by Crippen LogP contribution is 2.25. The predicted octanol–water partition coefficient (Wildman–Crippen LogP) is 1.56. The maximum Gasteiger partial charge on any atom is 0.133 e. The van der Waals surface area contributed by atoms with Crippen LogP contribution < -0.4 is 0 Å². The van der Waals surface area contributed by atoms with Crippen LogP contribution in [0.3, 0.4) is 0 Å². The number of rotatable bonds is 5. The third-order valence-electron chi connectivity index (χ3n) is 3.11. The van der Waals surface area contributed by atoms with E-state index in [1.165, 1.54) is 4.68 Å². The lowest BCUT2D eigenvalue weighted by atomic mass is 10.1. The molecular formula is C15H15N3O3. The molecule has 0 amide bonds. The predicted molar refractivity (Wildman–Crippen MR) is 76.3 cm³/mol. The number of hydrogen-bond donors (Lipinski definition) is 2. The van der Waals surface area contributed by atoms with Crippen LogP contribution in [-0.4, -0.2) is 37.9 Å². The van der Waals surface area contributed by atoms with E-state index in [-0.39, 0.29) is 13.2 Å². The fourth-order valence-corrected chi connectivity index (χ4v) is 2.07. The lowest BCUT2D eigenvalue weighted by Gasteiger charge is -2.05. The number of aliphatic hydroxyl groups excluding tert-OH is 2. The minimum atomic E-state index is -0.839. The van der Waals surface area contributed by atoms with Crippen LogP contribution in [0.2, 0.25) is 0 Å². The molecule has 0 aliphatic heterocycles. The molecule has 0 bridgehead atoms. The summed E-state index contributed by atoms with van der Waals surface area (Å²) in [6.45, 7) is -0.0927. The molecule has 6 nitrogen and oxygen atoms in total. The smallest absolute Gasteiger partial charge is 0.133 e. The Morgan fingerprint density at radius 1 is 1.19 bits per heavy atom. The summed E-state index contributed by atoms with van der Waals surface area (Å²) in [7, 11) is 0. The average molecular weight is 285 g/mol. The van der Waals surface area contributed by atoms with Crippen LogP contribution in [0.25, 0.3) is 22.6 Å². The van der Waals surface area contributed by atoms with Crippen LogP contribution in [0, 0.1) is 0 Å². The van der Waals surface area contributed by atoms with Crippen molar-refractivity contribution in [1.82, 2.24) is 15.0 Å². The van der Waals surface area contributed by atoms with Crippen molar-refractivity contribution in [3.63, 3.8) is 0 Å². The largest absolute Gasteiger partial charge is 0.464 e. The molecule has 1 atom stereocenters. The maximum absolute atomic E-state index is 9.41. The van der Waals surface area contributed by atoms with E-state index in [9.17, 15) is 5.11 Å². The van der Waals surface area contributed by atoms with E-state index >= 15 is 0 Å². The summed E-state index contributed by atoms with van der Waals surface area (Å²) in [5, 5.41) is 26.3. The van der Waals surface area contributed by atoms with Crippen LogP contribution in [0.1, 0.15) is 0 Å². The van der Waals surface area contributed by atoms with E-state index in [1.807, 2.05) is 36.4 Å². The van der Waals surface area contributed by atoms with Gasteiger partial charge in [-0.05, 0) is 18.2 Å². The maximum atomic E-state index is 9.41. The van der Waals surface area contributed by atoms with Crippen molar-refractivity contribution in [2.75, 3.05) is 6.61 Å². The van der Waals surface area contributed by atoms with Crippen molar-refractivity contribution < 1.29 is 14.6 Å². The molecule has 6 heteroatoms. The Labute approximate surface area is 121 Å². The van der Waals surface area contributed by atoms with E-state index in [1.54, 1.807) is 12.5 Å². The van der Waals surface area contributed by atoms with Crippen LogP contribution in [-0.2, 0) is 6.54 Å². The highest BCUT2D eigenvalue weighted by atomic mass is 16.3. The van der Waals surface area contributed by atoms with Crippen molar-refractivity contribution in [3.05, 3.63) is 48.9 Å². The summed E-state index contributed by atoms with van der Waals surface area (Å²) in [6.07, 6.45) is 2.53. The van der Waals surface area contributed by atoms with Gasteiger partial charge in [-0.25, -0.2) is 4.68 Å². The number of aliphatic hydroxyl groups is 2. The third kappa shape index (κ3) is 3.01. The standard InChI is InChI=1S/C15H15N3O3/c19-10-13(20)8-18-9-14(16-17-18)11-3-1-4-12(7-11)15-5-2-6-21-15/h1-7,9,13,19-20H,8,10H2.